The lowest BCUT2D eigenvalue weighted by Gasteiger charge is -2.18. The Bertz CT molecular complexity index is 287. The van der Waals surface area contributed by atoms with Crippen molar-refractivity contribution >= 4 is 34.0 Å². The van der Waals surface area contributed by atoms with Crippen LogP contribution in [0.15, 0.2) is 0 Å². The van der Waals surface area contributed by atoms with Crippen LogP contribution in [0.25, 0.3) is 0 Å². The van der Waals surface area contributed by atoms with E-state index >= 15 is 0 Å². The van der Waals surface area contributed by atoms with Crippen molar-refractivity contribution in [2.45, 2.75) is 32.8 Å². The number of halogens is 1. The fourth-order valence-corrected chi connectivity index (χ4v) is 3.08. The summed E-state index contributed by atoms with van der Waals surface area (Å²) in [6.45, 7) is 6.44. The van der Waals surface area contributed by atoms with Gasteiger partial charge in [-0.2, -0.15) is 4.79 Å². The summed E-state index contributed by atoms with van der Waals surface area (Å²) >= 11 is 3.34. The molecule has 0 aromatic rings. The molecule has 0 N–H and O–H groups in total. The third-order valence-electron chi connectivity index (χ3n) is 1.76. The largest absolute Gasteiger partial charge is 1.00 e. The first-order valence-electron chi connectivity index (χ1n) is 4.98. The maximum absolute atomic E-state index is 11.8. The molecule has 0 unspecified atom stereocenters. The van der Waals surface area contributed by atoms with E-state index in [0.717, 1.165) is 23.1 Å². The lowest BCUT2D eigenvalue weighted by Crippen LogP contribution is -3.00. The summed E-state index contributed by atoms with van der Waals surface area (Å²) < 4.78 is 8.14. The second kappa shape index (κ2) is 7.10. The molecule has 0 aromatic heterocycles. The number of hydrogen-bond acceptors (Lipinski definition) is 4. The lowest BCUT2D eigenvalue weighted by molar-refractivity contribution is -0.446. The van der Waals surface area contributed by atoms with E-state index in [2.05, 4.69) is 0 Å². The number of nitrogens with zero attached hydrogens (tertiary/aromatic N) is 1. The Hall–Kier alpha value is 0.570. The SMILES string of the molecule is CSC1=[N+](C(=O)OC(C)(C)C)CCCS1.[I-]. The third-order valence-corrected chi connectivity index (χ3v) is 4.14. The van der Waals surface area contributed by atoms with Crippen LogP contribution in [0.5, 0.6) is 0 Å². The molecule has 1 aliphatic heterocycles. The Morgan fingerprint density at radius 1 is 1.50 bits per heavy atom. The van der Waals surface area contributed by atoms with Crippen molar-refractivity contribution in [1.29, 1.82) is 0 Å². The molecule has 6 heteroatoms. The van der Waals surface area contributed by atoms with Crippen molar-refractivity contribution in [2.24, 2.45) is 0 Å². The Kier molecular flexibility index (Phi) is 7.36. The summed E-state index contributed by atoms with van der Waals surface area (Å²) in [5.41, 5.74) is -0.414. The highest BCUT2D eigenvalue weighted by Crippen LogP contribution is 2.21. The fourth-order valence-electron chi connectivity index (χ4n) is 1.20. The average molecular weight is 375 g/mol. The van der Waals surface area contributed by atoms with Crippen LogP contribution >= 0.6 is 23.5 Å². The number of amides is 1. The van der Waals surface area contributed by atoms with E-state index in [9.17, 15) is 4.79 Å². The highest BCUT2D eigenvalue weighted by molar-refractivity contribution is 8.38. The monoisotopic (exact) mass is 375 g/mol. The highest BCUT2D eigenvalue weighted by atomic mass is 127. The highest BCUT2D eigenvalue weighted by Gasteiger charge is 2.32. The zero-order valence-electron chi connectivity index (χ0n) is 10.1. The molecule has 16 heavy (non-hydrogen) atoms. The quantitative estimate of drug-likeness (QED) is 0.433. The van der Waals surface area contributed by atoms with Crippen molar-refractivity contribution in [3.63, 3.8) is 0 Å². The summed E-state index contributed by atoms with van der Waals surface area (Å²) in [6, 6.07) is 0. The maximum Gasteiger partial charge on any atom is 0.598 e. The van der Waals surface area contributed by atoms with E-state index in [4.69, 9.17) is 4.74 Å². The predicted molar refractivity (Wildman–Crippen MR) is 67.0 cm³/mol. The summed E-state index contributed by atoms with van der Waals surface area (Å²) in [5.74, 6) is 1.09. The molecule has 0 bridgehead atoms. The standard InChI is InChI=1S/C10H18NO2S2.HI/c1-10(2,3)13-8(12)11-6-5-7-15-9(11)14-4;/h5-7H2,1-4H3;1H/q+1;/p-1. The zero-order chi connectivity index (χ0) is 11.5. The first-order chi connectivity index (χ1) is 6.94. The van der Waals surface area contributed by atoms with Crippen LogP contribution in [-0.4, -0.2) is 39.2 Å². The van der Waals surface area contributed by atoms with Gasteiger partial charge in [0.05, 0.1) is 0 Å². The molecule has 1 aliphatic rings. The molecule has 1 rings (SSSR count). The summed E-state index contributed by atoms with van der Waals surface area (Å²) in [7, 11) is 0. The van der Waals surface area contributed by atoms with Crippen molar-refractivity contribution in [3.05, 3.63) is 0 Å². The minimum Gasteiger partial charge on any atom is -1.00 e. The Morgan fingerprint density at radius 3 is 2.62 bits per heavy atom. The molecule has 0 aliphatic carbocycles. The number of thioether (sulfide) groups is 2. The van der Waals surface area contributed by atoms with Gasteiger partial charge in [-0.3, -0.25) is 0 Å². The molecule has 1 amide bonds. The predicted octanol–water partition coefficient (Wildman–Crippen LogP) is -0.206. The maximum atomic E-state index is 11.8. The van der Waals surface area contributed by atoms with Gasteiger partial charge in [0.25, 0.3) is 4.38 Å². The van der Waals surface area contributed by atoms with Gasteiger partial charge in [0.1, 0.15) is 5.60 Å². The summed E-state index contributed by atoms with van der Waals surface area (Å²) in [4.78, 5) is 11.8. The molecular formula is C10H18INO2S2. The van der Waals surface area contributed by atoms with Gasteiger partial charge in [0, 0.05) is 12.2 Å². The first kappa shape index (κ1) is 16.6. The third kappa shape index (κ3) is 5.27. The van der Waals surface area contributed by atoms with Gasteiger partial charge in [-0.1, -0.05) is 11.8 Å². The topological polar surface area (TPSA) is 29.3 Å². The Balaban J connectivity index is 0.00000225. The van der Waals surface area contributed by atoms with Crippen molar-refractivity contribution < 1.29 is 38.1 Å². The van der Waals surface area contributed by atoms with Gasteiger partial charge < -0.3 is 28.7 Å². The number of carbonyl (C=O) groups excluding carboxylic acids is 1. The van der Waals surface area contributed by atoms with Crippen molar-refractivity contribution in [3.8, 4) is 0 Å². The van der Waals surface area contributed by atoms with E-state index in [0.29, 0.717) is 0 Å². The molecule has 0 saturated carbocycles. The second-order valence-electron chi connectivity index (χ2n) is 4.30. The molecule has 1 heterocycles. The van der Waals surface area contributed by atoms with E-state index in [1.807, 2.05) is 27.0 Å². The van der Waals surface area contributed by atoms with Gasteiger partial charge in [0.2, 0.25) is 0 Å². The second-order valence-corrected chi connectivity index (χ2v) is 6.44. The molecule has 0 saturated heterocycles. The van der Waals surface area contributed by atoms with Crippen molar-refractivity contribution in [1.82, 2.24) is 0 Å². The molecule has 0 aromatic carbocycles. The molecule has 0 radical (unpaired) electrons. The normalized spacial score (nSPS) is 16.8. The van der Waals surface area contributed by atoms with E-state index in [1.54, 1.807) is 28.1 Å². The molecule has 0 atom stereocenters. The zero-order valence-corrected chi connectivity index (χ0v) is 13.9. The molecule has 0 fully saturated rings. The van der Waals surface area contributed by atoms with Crippen LogP contribution in [0.4, 0.5) is 4.79 Å². The van der Waals surface area contributed by atoms with Crippen LogP contribution in [0, 0.1) is 0 Å². The Morgan fingerprint density at radius 2 is 2.12 bits per heavy atom. The number of rotatable bonds is 0. The molecule has 0 spiro atoms. The Labute approximate surface area is 123 Å². The minimum atomic E-state index is -0.414. The van der Waals surface area contributed by atoms with E-state index < -0.39 is 5.60 Å². The lowest BCUT2D eigenvalue weighted by atomic mass is 10.2. The number of carbonyl (C=O) groups is 1. The van der Waals surface area contributed by atoms with Crippen LogP contribution < -0.4 is 24.0 Å². The van der Waals surface area contributed by atoms with E-state index in [-0.39, 0.29) is 30.1 Å². The average Bonchev–Trinajstić information content (AvgIpc) is 2.15. The summed E-state index contributed by atoms with van der Waals surface area (Å²) in [6.07, 6.45) is 2.80. The number of hydrogen-bond donors (Lipinski definition) is 0. The van der Waals surface area contributed by atoms with Crippen LogP contribution in [0.1, 0.15) is 27.2 Å². The summed E-state index contributed by atoms with van der Waals surface area (Å²) in [5, 5.41) is 0. The fraction of sp³-hybridized carbons (Fsp3) is 0.800. The van der Waals surface area contributed by atoms with Crippen LogP contribution in [-0.2, 0) is 4.74 Å². The van der Waals surface area contributed by atoms with Crippen LogP contribution in [0.3, 0.4) is 0 Å². The minimum absolute atomic E-state index is 0. The molecule has 3 nitrogen and oxygen atoms in total. The molecule has 94 valence electrons. The van der Waals surface area contributed by atoms with Gasteiger partial charge >= 0.3 is 6.09 Å². The van der Waals surface area contributed by atoms with Crippen molar-refractivity contribution in [2.75, 3.05) is 18.6 Å². The molecular weight excluding hydrogens is 357 g/mol. The van der Waals surface area contributed by atoms with E-state index in [1.165, 1.54) is 0 Å². The van der Waals surface area contributed by atoms with Gasteiger partial charge in [0.15, 0.2) is 6.54 Å². The first-order valence-corrected chi connectivity index (χ1v) is 7.19. The smallest absolute Gasteiger partial charge is 0.598 e. The van der Waals surface area contributed by atoms with Gasteiger partial charge in [-0.25, -0.2) is 0 Å². The van der Waals surface area contributed by atoms with Gasteiger partial charge in [-0.15, -0.1) is 4.58 Å². The number of ether oxygens (including phenoxy) is 1. The van der Waals surface area contributed by atoms with Crippen LogP contribution in [0.2, 0.25) is 0 Å². The van der Waals surface area contributed by atoms with Gasteiger partial charge in [-0.05, 0) is 38.8 Å².